The summed E-state index contributed by atoms with van der Waals surface area (Å²) >= 11 is 0. The van der Waals surface area contributed by atoms with E-state index in [0.29, 0.717) is 19.4 Å². The van der Waals surface area contributed by atoms with Crippen LogP contribution in [0.25, 0.3) is 0 Å². The Balaban J connectivity index is 2.48. The molecule has 0 radical (unpaired) electrons. The van der Waals surface area contributed by atoms with Crippen LogP contribution in [0.5, 0.6) is 0 Å². The lowest BCUT2D eigenvalue weighted by atomic mass is 9.89. The molecule has 278 valence electrons. The van der Waals surface area contributed by atoms with Gasteiger partial charge >= 0.3 is 5.97 Å². The van der Waals surface area contributed by atoms with Crippen LogP contribution >= 0.6 is 0 Å². The Hall–Kier alpha value is -2.01. The second-order valence-corrected chi connectivity index (χ2v) is 26.9. The molecule has 0 aliphatic heterocycles. The molecule has 5 atom stereocenters. The van der Waals surface area contributed by atoms with Crippen molar-refractivity contribution in [1.29, 1.82) is 0 Å². The number of hydrogen-bond donors (Lipinski definition) is 1. The SMILES string of the molecule is CCNC(=O)CCCC=CC[C@@H]1[C@@H](C=C[C@H](CCc2ccccc2)O[Si](C)(C)C(C)(C)C)[C@H](O[Si](C)(C)C(C)(C)C)C[C@@H]1OC(=O)C(C)C. The summed E-state index contributed by atoms with van der Waals surface area (Å²) in [5, 5.41) is 3.02. The van der Waals surface area contributed by atoms with Crippen molar-refractivity contribution in [1.82, 2.24) is 5.32 Å². The summed E-state index contributed by atoms with van der Waals surface area (Å²) in [5.41, 5.74) is 1.32. The van der Waals surface area contributed by atoms with E-state index in [1.807, 2.05) is 20.8 Å². The molecule has 1 N–H and O–H groups in total. The summed E-state index contributed by atoms with van der Waals surface area (Å²) in [4.78, 5) is 25.0. The first-order valence-electron chi connectivity index (χ1n) is 18.9. The van der Waals surface area contributed by atoms with Crippen LogP contribution in [0.4, 0.5) is 0 Å². The maximum absolute atomic E-state index is 13.0. The summed E-state index contributed by atoms with van der Waals surface area (Å²) < 4.78 is 20.5. The predicted octanol–water partition coefficient (Wildman–Crippen LogP) is 10.4. The standard InChI is InChI=1S/C41H71NO5Si2/c1-14-42-38(43)25-21-16-15-20-24-34-35(37(47-49(12,13)41(7,8)9)30-36(34)45-39(44)31(2)3)29-28-33(46-48(10,11)40(4,5)6)27-26-32-22-18-17-19-23-32/h15,17-20,22-23,28-29,31,33-37H,14,16,21,24-27,30H2,1-13H3,(H,42,43)/t33-,34+,35+,36-,37+/m0/s1. The zero-order chi connectivity index (χ0) is 37.0. The molecule has 0 bridgehead atoms. The summed E-state index contributed by atoms with van der Waals surface area (Å²) in [6, 6.07) is 10.7. The molecule has 0 aromatic heterocycles. The fraction of sp³-hybridized carbons (Fsp3) is 0.707. The average Bonchev–Trinajstić information content (AvgIpc) is 3.29. The van der Waals surface area contributed by atoms with Crippen LogP contribution in [0.15, 0.2) is 54.6 Å². The number of carbonyl (C=O) groups excluding carboxylic acids is 2. The highest BCUT2D eigenvalue weighted by Crippen LogP contribution is 2.46. The van der Waals surface area contributed by atoms with Crippen molar-refractivity contribution in [3.63, 3.8) is 0 Å². The summed E-state index contributed by atoms with van der Waals surface area (Å²) in [6.07, 6.45) is 14.3. The Kier molecular flexibility index (Phi) is 16.7. The van der Waals surface area contributed by atoms with Crippen molar-refractivity contribution >= 4 is 28.5 Å². The highest BCUT2D eigenvalue weighted by molar-refractivity contribution is 6.74. The number of unbranched alkanes of at least 4 members (excludes halogenated alkanes) is 1. The largest absolute Gasteiger partial charge is 0.462 e. The van der Waals surface area contributed by atoms with Gasteiger partial charge in [0.2, 0.25) is 5.91 Å². The van der Waals surface area contributed by atoms with Crippen LogP contribution in [0.2, 0.25) is 36.3 Å². The lowest BCUT2D eigenvalue weighted by Crippen LogP contribution is -2.45. The number of rotatable bonds is 18. The van der Waals surface area contributed by atoms with Gasteiger partial charge in [-0.3, -0.25) is 9.59 Å². The Morgan fingerprint density at radius 3 is 2.14 bits per heavy atom. The molecule has 1 aliphatic carbocycles. The predicted molar refractivity (Wildman–Crippen MR) is 211 cm³/mol. The van der Waals surface area contributed by atoms with E-state index in [1.54, 1.807) is 0 Å². The molecule has 8 heteroatoms. The van der Waals surface area contributed by atoms with Gasteiger partial charge in [0, 0.05) is 31.2 Å². The smallest absolute Gasteiger partial charge is 0.308 e. The maximum Gasteiger partial charge on any atom is 0.308 e. The summed E-state index contributed by atoms with van der Waals surface area (Å²) in [6.45, 7) is 29.4. The van der Waals surface area contributed by atoms with Gasteiger partial charge in [0.05, 0.1) is 18.1 Å². The molecule has 1 aliphatic rings. The third-order valence-corrected chi connectivity index (χ3v) is 19.9. The molecule has 2 rings (SSSR count). The molecule has 1 aromatic rings. The van der Waals surface area contributed by atoms with E-state index < -0.39 is 16.6 Å². The second-order valence-electron chi connectivity index (χ2n) is 17.4. The van der Waals surface area contributed by atoms with Crippen molar-refractivity contribution in [3.8, 4) is 0 Å². The van der Waals surface area contributed by atoms with Crippen molar-refractivity contribution in [3.05, 3.63) is 60.2 Å². The van der Waals surface area contributed by atoms with Crippen LogP contribution in [0, 0.1) is 17.8 Å². The van der Waals surface area contributed by atoms with E-state index in [4.69, 9.17) is 13.6 Å². The number of amides is 1. The number of nitrogens with one attached hydrogen (secondary N) is 1. The fourth-order valence-corrected chi connectivity index (χ4v) is 8.43. The van der Waals surface area contributed by atoms with Gasteiger partial charge in [0.1, 0.15) is 6.10 Å². The second kappa shape index (κ2) is 19.0. The first-order valence-corrected chi connectivity index (χ1v) is 24.7. The van der Waals surface area contributed by atoms with Crippen molar-refractivity contribution in [2.45, 2.75) is 162 Å². The van der Waals surface area contributed by atoms with Gasteiger partial charge in [0.15, 0.2) is 16.6 Å². The highest BCUT2D eigenvalue weighted by atomic mass is 28.4. The molecule has 1 aromatic carbocycles. The first-order chi connectivity index (χ1) is 22.7. The van der Waals surface area contributed by atoms with Gasteiger partial charge in [-0.15, -0.1) is 0 Å². The normalized spacial score (nSPS) is 21.5. The minimum atomic E-state index is -2.13. The number of esters is 1. The summed E-state index contributed by atoms with van der Waals surface area (Å²) in [7, 11) is -4.19. The number of ether oxygens (including phenoxy) is 1. The van der Waals surface area contributed by atoms with E-state index in [0.717, 1.165) is 32.1 Å². The van der Waals surface area contributed by atoms with E-state index in [-0.39, 0.29) is 58.0 Å². The molecular formula is C41H71NO5Si2. The van der Waals surface area contributed by atoms with Crippen LogP contribution in [0.1, 0.15) is 106 Å². The van der Waals surface area contributed by atoms with Gasteiger partial charge in [-0.05, 0) is 80.9 Å². The number of hydrogen-bond acceptors (Lipinski definition) is 5. The van der Waals surface area contributed by atoms with Gasteiger partial charge < -0.3 is 18.9 Å². The Labute approximate surface area is 302 Å². The Morgan fingerprint density at radius 1 is 0.939 bits per heavy atom. The molecule has 1 amide bonds. The van der Waals surface area contributed by atoms with Gasteiger partial charge in [-0.2, -0.15) is 0 Å². The molecule has 0 heterocycles. The average molecular weight is 714 g/mol. The zero-order valence-corrected chi connectivity index (χ0v) is 35.4. The van der Waals surface area contributed by atoms with E-state index >= 15 is 0 Å². The zero-order valence-electron chi connectivity index (χ0n) is 33.4. The van der Waals surface area contributed by atoms with E-state index in [1.165, 1.54) is 5.56 Å². The monoisotopic (exact) mass is 713 g/mol. The molecule has 6 nitrogen and oxygen atoms in total. The first kappa shape index (κ1) is 43.2. The summed E-state index contributed by atoms with van der Waals surface area (Å²) in [5.74, 6) is -0.0963. The van der Waals surface area contributed by atoms with E-state index in [9.17, 15) is 9.59 Å². The van der Waals surface area contributed by atoms with Gasteiger partial charge in [-0.1, -0.05) is 110 Å². The van der Waals surface area contributed by atoms with Crippen molar-refractivity contribution < 1.29 is 23.2 Å². The number of carbonyl (C=O) groups is 2. The number of allylic oxidation sites excluding steroid dienone is 2. The van der Waals surface area contributed by atoms with Crippen LogP contribution in [-0.2, 0) is 29.6 Å². The molecule has 0 saturated heterocycles. The minimum absolute atomic E-state index is 0.0302. The third-order valence-electron chi connectivity index (χ3n) is 10.9. The highest BCUT2D eigenvalue weighted by Gasteiger charge is 2.49. The topological polar surface area (TPSA) is 73.9 Å². The Bertz CT molecular complexity index is 1210. The van der Waals surface area contributed by atoms with Gasteiger partial charge in [0.25, 0.3) is 0 Å². The Morgan fingerprint density at radius 2 is 1.57 bits per heavy atom. The minimum Gasteiger partial charge on any atom is -0.462 e. The van der Waals surface area contributed by atoms with Crippen molar-refractivity contribution in [2.75, 3.05) is 6.54 Å². The third kappa shape index (κ3) is 13.9. The molecule has 1 saturated carbocycles. The van der Waals surface area contributed by atoms with Crippen LogP contribution < -0.4 is 5.32 Å². The number of benzene rings is 1. The fourth-order valence-electron chi connectivity index (χ4n) is 5.76. The molecule has 0 spiro atoms. The van der Waals surface area contributed by atoms with Crippen molar-refractivity contribution in [2.24, 2.45) is 17.8 Å². The van der Waals surface area contributed by atoms with Crippen LogP contribution in [-0.4, -0.2) is 53.4 Å². The lowest BCUT2D eigenvalue weighted by Gasteiger charge is -2.40. The molecule has 1 fully saturated rings. The van der Waals surface area contributed by atoms with E-state index in [2.05, 4.69) is 128 Å². The molecule has 49 heavy (non-hydrogen) atoms. The molecular weight excluding hydrogens is 643 g/mol. The van der Waals surface area contributed by atoms with Crippen LogP contribution in [0.3, 0.4) is 0 Å². The van der Waals surface area contributed by atoms with Gasteiger partial charge in [-0.25, -0.2) is 0 Å². The molecule has 0 unspecified atom stereocenters. The maximum atomic E-state index is 13.0. The lowest BCUT2D eigenvalue weighted by molar-refractivity contribution is -0.154. The quantitative estimate of drug-likeness (QED) is 0.0710. The number of aryl methyl sites for hydroxylation is 1.